The van der Waals surface area contributed by atoms with Crippen molar-refractivity contribution in [1.29, 1.82) is 5.26 Å². The molecular weight excluding hydrogens is 310 g/mol. The molecule has 5 nitrogen and oxygen atoms in total. The molecule has 0 saturated carbocycles. The first-order chi connectivity index (χ1) is 9.89. The molecule has 2 rings (SSSR count). The number of anilines is 2. The van der Waals surface area contributed by atoms with Gasteiger partial charge >= 0.3 is 0 Å². The van der Waals surface area contributed by atoms with Crippen LogP contribution in [0.25, 0.3) is 0 Å². The fourth-order valence-electron chi connectivity index (χ4n) is 1.73. The Morgan fingerprint density at radius 1 is 1.19 bits per heavy atom. The molecule has 0 aliphatic rings. The first kappa shape index (κ1) is 15.2. The lowest BCUT2D eigenvalue weighted by Gasteiger charge is -2.10. The highest BCUT2D eigenvalue weighted by Gasteiger charge is 2.13. The Labute approximate surface area is 128 Å². The third-order valence-corrected chi connectivity index (χ3v) is 4.20. The van der Waals surface area contributed by atoms with Gasteiger partial charge in [-0.2, -0.15) is 5.26 Å². The largest absolute Gasteiger partial charge is 0.397 e. The normalized spacial score (nSPS) is 10.9. The summed E-state index contributed by atoms with van der Waals surface area (Å²) in [4.78, 5) is 0. The van der Waals surface area contributed by atoms with Gasteiger partial charge in [-0.05, 0) is 35.9 Å². The minimum atomic E-state index is -3.60. The first-order valence-electron chi connectivity index (χ1n) is 5.94. The van der Waals surface area contributed by atoms with Crippen molar-refractivity contribution in [3.05, 3.63) is 58.6 Å². The SMILES string of the molecule is N#Cc1ccc(CS(=O)(=O)Nc2ccc(Cl)cc2N)cc1. The van der Waals surface area contributed by atoms with Gasteiger partial charge in [0.25, 0.3) is 0 Å². The van der Waals surface area contributed by atoms with E-state index >= 15 is 0 Å². The van der Waals surface area contributed by atoms with Crippen LogP contribution >= 0.6 is 11.6 Å². The van der Waals surface area contributed by atoms with E-state index in [-0.39, 0.29) is 17.1 Å². The van der Waals surface area contributed by atoms with Crippen LogP contribution in [-0.2, 0) is 15.8 Å². The molecule has 2 aromatic carbocycles. The number of nitrogen functional groups attached to an aromatic ring is 1. The third-order valence-electron chi connectivity index (χ3n) is 2.72. The molecule has 0 aliphatic heterocycles. The zero-order chi connectivity index (χ0) is 15.5. The maximum atomic E-state index is 12.1. The van der Waals surface area contributed by atoms with Gasteiger partial charge < -0.3 is 5.73 Å². The summed E-state index contributed by atoms with van der Waals surface area (Å²) < 4.78 is 26.6. The molecule has 0 bridgehead atoms. The molecule has 0 saturated heterocycles. The summed E-state index contributed by atoms with van der Waals surface area (Å²) in [7, 11) is -3.60. The zero-order valence-electron chi connectivity index (χ0n) is 10.9. The zero-order valence-corrected chi connectivity index (χ0v) is 12.4. The first-order valence-corrected chi connectivity index (χ1v) is 7.97. The molecule has 0 spiro atoms. The number of rotatable bonds is 4. The van der Waals surface area contributed by atoms with E-state index in [1.165, 1.54) is 12.1 Å². The summed E-state index contributed by atoms with van der Waals surface area (Å²) in [5, 5.41) is 9.14. The van der Waals surface area contributed by atoms with Gasteiger partial charge in [-0.25, -0.2) is 8.42 Å². The van der Waals surface area contributed by atoms with Crippen LogP contribution < -0.4 is 10.5 Å². The standard InChI is InChI=1S/C14H12ClN3O2S/c15-12-5-6-14(13(17)7-12)18-21(19,20)9-11-3-1-10(8-16)2-4-11/h1-7,18H,9,17H2. The van der Waals surface area contributed by atoms with Gasteiger partial charge in [-0.1, -0.05) is 23.7 Å². The van der Waals surface area contributed by atoms with E-state index in [0.29, 0.717) is 16.1 Å². The van der Waals surface area contributed by atoms with E-state index in [0.717, 1.165) is 0 Å². The Morgan fingerprint density at radius 3 is 2.43 bits per heavy atom. The van der Waals surface area contributed by atoms with Crippen LogP contribution in [0.2, 0.25) is 5.02 Å². The third kappa shape index (κ3) is 4.12. The van der Waals surface area contributed by atoms with Crippen LogP contribution in [0.4, 0.5) is 11.4 Å². The predicted octanol–water partition coefficient (Wildman–Crippen LogP) is 2.74. The molecule has 0 unspecified atom stereocenters. The lowest BCUT2D eigenvalue weighted by atomic mass is 10.2. The van der Waals surface area contributed by atoms with E-state index in [1.54, 1.807) is 30.3 Å². The Hall–Kier alpha value is -2.23. The van der Waals surface area contributed by atoms with Gasteiger partial charge in [0.2, 0.25) is 10.0 Å². The number of hydrogen-bond acceptors (Lipinski definition) is 4. The smallest absolute Gasteiger partial charge is 0.236 e. The van der Waals surface area contributed by atoms with Crippen LogP contribution in [0.15, 0.2) is 42.5 Å². The highest BCUT2D eigenvalue weighted by molar-refractivity contribution is 7.91. The number of sulfonamides is 1. The van der Waals surface area contributed by atoms with Crippen molar-refractivity contribution in [3.8, 4) is 6.07 Å². The van der Waals surface area contributed by atoms with Crippen LogP contribution in [0.3, 0.4) is 0 Å². The molecule has 0 fully saturated rings. The predicted molar refractivity (Wildman–Crippen MR) is 83.3 cm³/mol. The van der Waals surface area contributed by atoms with Crippen LogP contribution in [0.5, 0.6) is 0 Å². The van der Waals surface area contributed by atoms with Crippen molar-refractivity contribution in [1.82, 2.24) is 0 Å². The van der Waals surface area contributed by atoms with Gasteiger partial charge in [0, 0.05) is 5.02 Å². The molecular formula is C14H12ClN3O2S. The summed E-state index contributed by atoms with van der Waals surface area (Å²) in [6, 6.07) is 12.9. The molecule has 2 aromatic rings. The molecule has 0 aliphatic carbocycles. The van der Waals surface area contributed by atoms with E-state index in [4.69, 9.17) is 22.6 Å². The number of nitrogens with two attached hydrogens (primary N) is 1. The number of benzene rings is 2. The fourth-order valence-corrected chi connectivity index (χ4v) is 3.13. The van der Waals surface area contributed by atoms with Crippen molar-refractivity contribution in [3.63, 3.8) is 0 Å². The average Bonchev–Trinajstić information content (AvgIpc) is 2.42. The maximum Gasteiger partial charge on any atom is 0.236 e. The van der Waals surface area contributed by atoms with Crippen molar-refractivity contribution in [2.75, 3.05) is 10.5 Å². The molecule has 108 valence electrons. The monoisotopic (exact) mass is 321 g/mol. The molecule has 0 atom stereocenters. The highest BCUT2D eigenvalue weighted by Crippen LogP contribution is 2.24. The lowest BCUT2D eigenvalue weighted by molar-refractivity contribution is 0.600. The van der Waals surface area contributed by atoms with E-state index in [2.05, 4.69) is 4.72 Å². The van der Waals surface area contributed by atoms with E-state index in [1.807, 2.05) is 6.07 Å². The van der Waals surface area contributed by atoms with Gasteiger partial charge in [-0.3, -0.25) is 4.72 Å². The van der Waals surface area contributed by atoms with Gasteiger partial charge in [0.15, 0.2) is 0 Å². The molecule has 0 amide bonds. The Kier molecular flexibility index (Phi) is 4.36. The summed E-state index contributed by atoms with van der Waals surface area (Å²) in [5.74, 6) is -0.208. The second kappa shape index (κ2) is 6.04. The van der Waals surface area contributed by atoms with Crippen LogP contribution in [0.1, 0.15) is 11.1 Å². The molecule has 0 radical (unpaired) electrons. The van der Waals surface area contributed by atoms with E-state index < -0.39 is 10.0 Å². The van der Waals surface area contributed by atoms with E-state index in [9.17, 15) is 8.42 Å². The highest BCUT2D eigenvalue weighted by atomic mass is 35.5. The summed E-state index contributed by atoms with van der Waals surface area (Å²) in [6.45, 7) is 0. The Bertz CT molecular complexity index is 796. The maximum absolute atomic E-state index is 12.1. The Morgan fingerprint density at radius 2 is 1.86 bits per heavy atom. The van der Waals surface area contributed by atoms with Crippen LogP contribution in [-0.4, -0.2) is 8.42 Å². The summed E-state index contributed by atoms with van der Waals surface area (Å²) in [6.07, 6.45) is 0. The summed E-state index contributed by atoms with van der Waals surface area (Å²) in [5.41, 5.74) is 7.31. The molecule has 21 heavy (non-hydrogen) atoms. The van der Waals surface area contributed by atoms with Crippen LogP contribution in [0, 0.1) is 11.3 Å². The summed E-state index contributed by atoms with van der Waals surface area (Å²) >= 11 is 5.76. The van der Waals surface area contributed by atoms with Crippen molar-refractivity contribution in [2.24, 2.45) is 0 Å². The quantitative estimate of drug-likeness (QED) is 0.846. The number of hydrogen-bond donors (Lipinski definition) is 2. The second-order valence-corrected chi connectivity index (χ2v) is 6.56. The number of nitrogens with one attached hydrogen (secondary N) is 1. The van der Waals surface area contributed by atoms with Crippen molar-refractivity contribution >= 4 is 33.0 Å². The molecule has 0 heterocycles. The van der Waals surface area contributed by atoms with Gasteiger partial charge in [0.05, 0.1) is 28.8 Å². The van der Waals surface area contributed by atoms with Gasteiger partial charge in [0.1, 0.15) is 0 Å². The number of nitriles is 1. The second-order valence-electron chi connectivity index (χ2n) is 4.40. The topological polar surface area (TPSA) is 96.0 Å². The molecule has 3 N–H and O–H groups in total. The number of halogens is 1. The minimum absolute atomic E-state index is 0.208. The average molecular weight is 322 g/mol. The molecule has 0 aromatic heterocycles. The van der Waals surface area contributed by atoms with Gasteiger partial charge in [-0.15, -0.1) is 0 Å². The number of nitrogens with zero attached hydrogens (tertiary/aromatic N) is 1. The lowest BCUT2D eigenvalue weighted by Crippen LogP contribution is -2.16. The minimum Gasteiger partial charge on any atom is -0.397 e. The Balaban J connectivity index is 2.16. The van der Waals surface area contributed by atoms with Crippen molar-refractivity contribution in [2.45, 2.75) is 5.75 Å². The molecule has 7 heteroatoms. The fraction of sp³-hybridized carbons (Fsp3) is 0.0714. The van der Waals surface area contributed by atoms with Crippen molar-refractivity contribution < 1.29 is 8.42 Å².